The molecule has 3 rings (SSSR count). The van der Waals surface area contributed by atoms with Crippen molar-refractivity contribution in [1.29, 1.82) is 0 Å². The SMILES string of the molecule is CCOC(=O)[C@H]1OC(C)=C[C@H]2C(=O)N(Cc3ccccc3)[C@@H](C(C)C)[C@H]12. The van der Waals surface area contributed by atoms with E-state index in [-0.39, 0.29) is 35.7 Å². The van der Waals surface area contributed by atoms with Gasteiger partial charge in [-0.2, -0.15) is 0 Å². The Bertz CT molecular complexity index is 697. The Balaban J connectivity index is 1.96. The summed E-state index contributed by atoms with van der Waals surface area (Å²) in [5.41, 5.74) is 1.08. The van der Waals surface area contributed by atoms with E-state index >= 15 is 0 Å². The molecule has 1 amide bonds. The van der Waals surface area contributed by atoms with Gasteiger partial charge in [-0.25, -0.2) is 4.79 Å². The zero-order valence-corrected chi connectivity index (χ0v) is 15.8. The normalized spacial score (nSPS) is 27.8. The van der Waals surface area contributed by atoms with Gasteiger partial charge in [-0.15, -0.1) is 0 Å². The highest BCUT2D eigenvalue weighted by Gasteiger charge is 2.56. The van der Waals surface area contributed by atoms with Gasteiger partial charge in [-0.1, -0.05) is 44.2 Å². The molecule has 140 valence electrons. The first kappa shape index (κ1) is 18.5. The fourth-order valence-corrected chi connectivity index (χ4v) is 4.24. The van der Waals surface area contributed by atoms with Crippen LogP contribution in [0.2, 0.25) is 0 Å². The lowest BCUT2D eigenvalue weighted by molar-refractivity contribution is -0.160. The molecule has 1 aromatic carbocycles. The molecule has 0 aromatic heterocycles. The van der Waals surface area contributed by atoms with Crippen molar-refractivity contribution in [3.63, 3.8) is 0 Å². The first-order valence-electron chi connectivity index (χ1n) is 9.30. The van der Waals surface area contributed by atoms with Gasteiger partial charge in [0.05, 0.1) is 18.3 Å². The molecule has 2 aliphatic heterocycles. The zero-order valence-electron chi connectivity index (χ0n) is 15.8. The van der Waals surface area contributed by atoms with E-state index in [1.165, 1.54) is 0 Å². The fraction of sp³-hybridized carbons (Fsp3) is 0.524. The van der Waals surface area contributed by atoms with Crippen LogP contribution in [-0.2, 0) is 25.6 Å². The summed E-state index contributed by atoms with van der Waals surface area (Å²) in [5.74, 6) is -0.0700. The first-order valence-corrected chi connectivity index (χ1v) is 9.30. The molecule has 0 radical (unpaired) electrons. The van der Waals surface area contributed by atoms with Gasteiger partial charge >= 0.3 is 5.97 Å². The highest BCUT2D eigenvalue weighted by atomic mass is 16.6. The maximum Gasteiger partial charge on any atom is 0.347 e. The minimum atomic E-state index is -0.734. The lowest BCUT2D eigenvalue weighted by atomic mass is 9.79. The predicted molar refractivity (Wildman–Crippen MR) is 97.9 cm³/mol. The van der Waals surface area contributed by atoms with Crippen molar-refractivity contribution in [3.8, 4) is 0 Å². The molecule has 0 N–H and O–H groups in total. The average molecular weight is 357 g/mol. The highest BCUT2D eigenvalue weighted by Crippen LogP contribution is 2.43. The van der Waals surface area contributed by atoms with Gasteiger partial charge in [0.2, 0.25) is 12.0 Å². The summed E-state index contributed by atoms with van der Waals surface area (Å²) in [6, 6.07) is 9.88. The minimum Gasteiger partial charge on any atom is -0.483 e. The lowest BCUT2D eigenvalue weighted by Crippen LogP contribution is -2.47. The monoisotopic (exact) mass is 357 g/mol. The third-order valence-electron chi connectivity index (χ3n) is 5.21. The van der Waals surface area contributed by atoms with Crippen molar-refractivity contribution in [1.82, 2.24) is 4.90 Å². The summed E-state index contributed by atoms with van der Waals surface area (Å²) < 4.78 is 11.1. The molecule has 0 aliphatic carbocycles. The molecule has 4 atom stereocenters. The second-order valence-electron chi connectivity index (χ2n) is 7.36. The van der Waals surface area contributed by atoms with Crippen LogP contribution >= 0.6 is 0 Å². The molecular weight excluding hydrogens is 330 g/mol. The Kier molecular flexibility index (Phi) is 5.35. The van der Waals surface area contributed by atoms with E-state index in [2.05, 4.69) is 13.8 Å². The van der Waals surface area contributed by atoms with Crippen molar-refractivity contribution < 1.29 is 19.1 Å². The smallest absolute Gasteiger partial charge is 0.347 e. The number of likely N-dealkylation sites (tertiary alicyclic amines) is 1. The lowest BCUT2D eigenvalue weighted by Gasteiger charge is -2.36. The van der Waals surface area contributed by atoms with Crippen LogP contribution in [0.3, 0.4) is 0 Å². The van der Waals surface area contributed by atoms with Gasteiger partial charge in [0.15, 0.2) is 0 Å². The van der Waals surface area contributed by atoms with Crippen molar-refractivity contribution >= 4 is 11.9 Å². The molecule has 5 nitrogen and oxygen atoms in total. The number of carbonyl (C=O) groups excluding carboxylic acids is 2. The maximum atomic E-state index is 13.2. The molecule has 1 aromatic rings. The number of nitrogens with zero attached hydrogens (tertiary/aromatic N) is 1. The molecule has 26 heavy (non-hydrogen) atoms. The zero-order chi connectivity index (χ0) is 18.8. The van der Waals surface area contributed by atoms with Crippen LogP contribution in [0.5, 0.6) is 0 Å². The van der Waals surface area contributed by atoms with Crippen LogP contribution in [0.15, 0.2) is 42.2 Å². The van der Waals surface area contributed by atoms with Crippen LogP contribution in [0.1, 0.15) is 33.3 Å². The van der Waals surface area contributed by atoms with E-state index < -0.39 is 6.10 Å². The van der Waals surface area contributed by atoms with Gasteiger partial charge in [0.25, 0.3) is 0 Å². The van der Waals surface area contributed by atoms with Gasteiger partial charge in [-0.05, 0) is 31.4 Å². The van der Waals surface area contributed by atoms with E-state index in [4.69, 9.17) is 9.47 Å². The second-order valence-corrected chi connectivity index (χ2v) is 7.36. The number of fused-ring (bicyclic) bond motifs is 1. The summed E-state index contributed by atoms with van der Waals surface area (Å²) in [4.78, 5) is 27.6. The number of rotatable bonds is 5. The first-order chi connectivity index (χ1) is 12.4. The fourth-order valence-electron chi connectivity index (χ4n) is 4.24. The standard InChI is InChI=1S/C21H27NO4/c1-5-25-21(24)19-17-16(11-14(4)26-19)20(23)22(18(17)13(2)3)12-15-9-7-6-8-10-15/h6-11,13,16-19H,5,12H2,1-4H3/t16-,17-,18+,19+/m1/s1. The number of hydrogen-bond donors (Lipinski definition) is 0. The van der Waals surface area contributed by atoms with E-state index in [1.807, 2.05) is 41.3 Å². The molecule has 2 aliphatic rings. The van der Waals surface area contributed by atoms with Crippen LogP contribution in [-0.4, -0.2) is 35.5 Å². The maximum absolute atomic E-state index is 13.2. The van der Waals surface area contributed by atoms with Crippen molar-refractivity contribution in [2.24, 2.45) is 17.8 Å². The second kappa shape index (κ2) is 7.52. The van der Waals surface area contributed by atoms with Gasteiger partial charge < -0.3 is 14.4 Å². The Morgan fingerprint density at radius 2 is 1.96 bits per heavy atom. The van der Waals surface area contributed by atoms with E-state index in [9.17, 15) is 9.59 Å². The van der Waals surface area contributed by atoms with Gasteiger partial charge in [0.1, 0.15) is 0 Å². The van der Waals surface area contributed by atoms with Crippen molar-refractivity contribution in [3.05, 3.63) is 47.7 Å². The average Bonchev–Trinajstić information content (AvgIpc) is 2.88. The summed E-state index contributed by atoms with van der Waals surface area (Å²) in [6.07, 6.45) is 1.13. The number of hydrogen-bond acceptors (Lipinski definition) is 4. The molecule has 1 saturated heterocycles. The number of carbonyl (C=O) groups is 2. The molecule has 0 bridgehead atoms. The predicted octanol–water partition coefficient (Wildman–Crippen LogP) is 3.15. The number of amides is 1. The number of allylic oxidation sites excluding steroid dienone is 1. The topological polar surface area (TPSA) is 55.8 Å². The van der Waals surface area contributed by atoms with Gasteiger partial charge in [-0.3, -0.25) is 4.79 Å². The number of ether oxygens (including phenoxy) is 2. The Morgan fingerprint density at radius 3 is 2.58 bits per heavy atom. The number of esters is 1. The molecule has 0 saturated carbocycles. The van der Waals surface area contributed by atoms with Crippen LogP contribution in [0.25, 0.3) is 0 Å². The summed E-state index contributed by atoms with van der Waals surface area (Å²) in [7, 11) is 0. The van der Waals surface area contributed by atoms with Crippen molar-refractivity contribution in [2.75, 3.05) is 6.61 Å². The Hall–Kier alpha value is -2.30. The van der Waals surface area contributed by atoms with E-state index in [1.54, 1.807) is 13.8 Å². The van der Waals surface area contributed by atoms with E-state index in [0.29, 0.717) is 18.9 Å². The summed E-state index contributed by atoms with van der Waals surface area (Å²) in [6.45, 7) is 8.59. The molecule has 2 heterocycles. The van der Waals surface area contributed by atoms with Crippen LogP contribution in [0, 0.1) is 17.8 Å². The molecule has 0 spiro atoms. The Morgan fingerprint density at radius 1 is 1.27 bits per heavy atom. The van der Waals surface area contributed by atoms with E-state index in [0.717, 1.165) is 5.56 Å². The summed E-state index contributed by atoms with van der Waals surface area (Å²) >= 11 is 0. The summed E-state index contributed by atoms with van der Waals surface area (Å²) in [5, 5.41) is 0. The molecular formula is C21H27NO4. The van der Waals surface area contributed by atoms with Crippen LogP contribution < -0.4 is 0 Å². The number of benzene rings is 1. The highest BCUT2D eigenvalue weighted by molar-refractivity contribution is 5.87. The van der Waals surface area contributed by atoms with Crippen molar-refractivity contribution in [2.45, 2.75) is 46.4 Å². The quantitative estimate of drug-likeness (QED) is 0.760. The largest absolute Gasteiger partial charge is 0.483 e. The molecule has 1 fully saturated rings. The Labute approximate surface area is 155 Å². The molecule has 0 unspecified atom stereocenters. The minimum absolute atomic E-state index is 0.0644. The third-order valence-corrected chi connectivity index (χ3v) is 5.21. The third kappa shape index (κ3) is 3.35. The van der Waals surface area contributed by atoms with Gasteiger partial charge in [0, 0.05) is 18.5 Å². The molecule has 5 heteroatoms. The van der Waals surface area contributed by atoms with Crippen LogP contribution in [0.4, 0.5) is 0 Å².